The molecule has 0 saturated carbocycles. The van der Waals surface area contributed by atoms with Crippen LogP contribution in [0.1, 0.15) is 18.4 Å². The van der Waals surface area contributed by atoms with Gasteiger partial charge in [0.15, 0.2) is 0 Å². The van der Waals surface area contributed by atoms with Crippen LogP contribution in [-0.2, 0) is 11.3 Å². The van der Waals surface area contributed by atoms with Gasteiger partial charge in [0.25, 0.3) is 0 Å². The number of hydrogen-bond acceptors (Lipinski definition) is 3. The van der Waals surface area contributed by atoms with Gasteiger partial charge < -0.3 is 5.32 Å². The minimum Gasteiger partial charge on any atom is -0.352 e. The maximum absolute atomic E-state index is 12.1. The highest BCUT2D eigenvalue weighted by Crippen LogP contribution is 2.19. The highest BCUT2D eigenvalue weighted by atomic mass is 35.5. The van der Waals surface area contributed by atoms with Gasteiger partial charge in [0.2, 0.25) is 5.91 Å². The second-order valence-corrected chi connectivity index (χ2v) is 6.37. The summed E-state index contributed by atoms with van der Waals surface area (Å²) in [6.45, 7) is 3.65. The van der Waals surface area contributed by atoms with Gasteiger partial charge in [-0.25, -0.2) is 0 Å². The molecular weight excluding hydrogens is 298 g/mol. The van der Waals surface area contributed by atoms with E-state index >= 15 is 0 Å². The Morgan fingerprint density at radius 3 is 2.77 bits per heavy atom. The Labute approximate surface area is 136 Å². The molecule has 0 radical (unpaired) electrons. The van der Waals surface area contributed by atoms with Crippen LogP contribution in [0.25, 0.3) is 0 Å². The van der Waals surface area contributed by atoms with E-state index in [1.54, 1.807) is 0 Å². The third-order valence-corrected chi connectivity index (χ3v) is 4.72. The zero-order valence-electron chi connectivity index (χ0n) is 12.6. The molecule has 3 rings (SSSR count). The Kier molecular flexibility index (Phi) is 5.13. The normalized spacial score (nSPS) is 22.9. The lowest BCUT2D eigenvalue weighted by Gasteiger charge is -2.33. The smallest absolute Gasteiger partial charge is 0.241 e. The molecule has 4 nitrogen and oxygen atoms in total. The van der Waals surface area contributed by atoms with Crippen molar-refractivity contribution < 1.29 is 4.79 Å². The predicted octanol–water partition coefficient (Wildman–Crippen LogP) is 1.95. The van der Waals surface area contributed by atoms with Crippen LogP contribution in [0.4, 0.5) is 0 Å². The van der Waals surface area contributed by atoms with E-state index in [2.05, 4.69) is 21.6 Å². The Hall–Kier alpha value is -1.36. The van der Waals surface area contributed by atoms with Crippen molar-refractivity contribution in [3.8, 4) is 0 Å². The number of benzene rings is 1. The van der Waals surface area contributed by atoms with Gasteiger partial charge in [-0.2, -0.15) is 0 Å². The van der Waals surface area contributed by atoms with E-state index in [-0.39, 0.29) is 18.0 Å². The lowest BCUT2D eigenvalue weighted by molar-refractivity contribution is -0.122. The second-order valence-electron chi connectivity index (χ2n) is 5.96. The maximum Gasteiger partial charge on any atom is 0.241 e. The molecule has 2 aliphatic heterocycles. The third kappa shape index (κ3) is 3.88. The molecule has 5 heteroatoms. The summed E-state index contributed by atoms with van der Waals surface area (Å²) in [6, 6.07) is 8.13. The van der Waals surface area contributed by atoms with Crippen LogP contribution in [0, 0.1) is 0 Å². The summed E-state index contributed by atoms with van der Waals surface area (Å²) >= 11 is 6.22. The van der Waals surface area contributed by atoms with E-state index in [1.807, 2.05) is 30.4 Å². The van der Waals surface area contributed by atoms with Crippen LogP contribution in [0.3, 0.4) is 0 Å². The van der Waals surface area contributed by atoms with Crippen molar-refractivity contribution in [3.63, 3.8) is 0 Å². The molecular formula is C17H22ClN3O. The van der Waals surface area contributed by atoms with Crippen molar-refractivity contribution in [1.29, 1.82) is 0 Å². The van der Waals surface area contributed by atoms with Crippen LogP contribution >= 0.6 is 11.6 Å². The number of rotatable bonds is 4. The van der Waals surface area contributed by atoms with Crippen molar-refractivity contribution in [3.05, 3.63) is 47.0 Å². The van der Waals surface area contributed by atoms with Crippen molar-refractivity contribution in [2.24, 2.45) is 0 Å². The number of nitrogens with zero attached hydrogens (tertiary/aromatic N) is 1. The molecule has 0 aromatic heterocycles. The number of likely N-dealkylation sites (tertiary alicyclic amines) is 1. The van der Waals surface area contributed by atoms with E-state index in [1.165, 1.54) is 5.56 Å². The molecule has 2 heterocycles. The number of amides is 1. The minimum atomic E-state index is -0.152. The number of halogens is 1. The van der Waals surface area contributed by atoms with Gasteiger partial charge in [-0.1, -0.05) is 42.0 Å². The molecule has 1 saturated heterocycles. The fraction of sp³-hybridized carbons (Fsp3) is 0.471. The standard InChI is InChI=1S/C17H22ClN3O/c18-15-5-2-1-4-13(15)12-21-10-7-14(8-11-21)20-17(22)16-6-3-9-19-16/h1-6,14,16,19H,7-12H2,(H,20,22)/t16-/m0/s1. The number of hydrogen-bond donors (Lipinski definition) is 2. The highest BCUT2D eigenvalue weighted by Gasteiger charge is 2.24. The van der Waals surface area contributed by atoms with Crippen molar-refractivity contribution in [2.75, 3.05) is 19.6 Å². The number of piperidine rings is 1. The lowest BCUT2D eigenvalue weighted by Crippen LogP contribution is -2.49. The van der Waals surface area contributed by atoms with E-state index in [0.29, 0.717) is 0 Å². The highest BCUT2D eigenvalue weighted by molar-refractivity contribution is 6.31. The van der Waals surface area contributed by atoms with E-state index < -0.39 is 0 Å². The van der Waals surface area contributed by atoms with Gasteiger partial charge >= 0.3 is 0 Å². The first kappa shape index (κ1) is 15.5. The fourth-order valence-electron chi connectivity index (χ4n) is 3.04. The first-order valence-corrected chi connectivity index (χ1v) is 8.26. The SMILES string of the molecule is O=C(NC1CCN(Cc2ccccc2Cl)CC1)[C@@H]1C=CCN1. The Morgan fingerprint density at radius 1 is 1.32 bits per heavy atom. The third-order valence-electron chi connectivity index (χ3n) is 4.35. The summed E-state index contributed by atoms with van der Waals surface area (Å²) in [5.41, 5.74) is 1.17. The van der Waals surface area contributed by atoms with Crippen LogP contribution in [0.2, 0.25) is 5.02 Å². The summed E-state index contributed by atoms with van der Waals surface area (Å²) in [5, 5.41) is 7.13. The monoisotopic (exact) mass is 319 g/mol. The fourth-order valence-corrected chi connectivity index (χ4v) is 3.24. The summed E-state index contributed by atoms with van der Waals surface area (Å²) in [6.07, 6.45) is 5.91. The maximum atomic E-state index is 12.1. The molecule has 1 atom stereocenters. The average Bonchev–Trinajstić information content (AvgIpc) is 3.06. The van der Waals surface area contributed by atoms with Gasteiger partial charge in [0.05, 0.1) is 0 Å². The van der Waals surface area contributed by atoms with Crippen molar-refractivity contribution in [1.82, 2.24) is 15.5 Å². The van der Waals surface area contributed by atoms with Gasteiger partial charge in [-0.15, -0.1) is 0 Å². The van der Waals surface area contributed by atoms with Gasteiger partial charge in [0.1, 0.15) is 6.04 Å². The van der Waals surface area contributed by atoms with Crippen molar-refractivity contribution in [2.45, 2.75) is 31.5 Å². The van der Waals surface area contributed by atoms with Crippen LogP contribution < -0.4 is 10.6 Å². The Morgan fingerprint density at radius 2 is 2.09 bits per heavy atom. The lowest BCUT2D eigenvalue weighted by atomic mass is 10.0. The molecule has 0 aliphatic carbocycles. The van der Waals surface area contributed by atoms with E-state index in [9.17, 15) is 4.79 Å². The summed E-state index contributed by atoms with van der Waals surface area (Å²) in [7, 11) is 0. The zero-order valence-corrected chi connectivity index (χ0v) is 13.4. The quantitative estimate of drug-likeness (QED) is 0.834. The number of carbonyl (C=O) groups is 1. The van der Waals surface area contributed by atoms with E-state index in [0.717, 1.165) is 44.0 Å². The van der Waals surface area contributed by atoms with Crippen LogP contribution in [0.5, 0.6) is 0 Å². The largest absolute Gasteiger partial charge is 0.352 e. The molecule has 0 bridgehead atoms. The first-order chi connectivity index (χ1) is 10.7. The molecule has 1 aromatic carbocycles. The Balaban J connectivity index is 1.45. The zero-order chi connectivity index (χ0) is 15.4. The second kappa shape index (κ2) is 7.27. The first-order valence-electron chi connectivity index (χ1n) is 7.88. The molecule has 22 heavy (non-hydrogen) atoms. The van der Waals surface area contributed by atoms with Crippen LogP contribution in [-0.4, -0.2) is 42.5 Å². The molecule has 118 valence electrons. The molecule has 1 amide bonds. The summed E-state index contributed by atoms with van der Waals surface area (Å²) in [5.74, 6) is 0.0957. The summed E-state index contributed by atoms with van der Waals surface area (Å²) < 4.78 is 0. The molecule has 0 unspecified atom stereocenters. The minimum absolute atomic E-state index is 0.0957. The van der Waals surface area contributed by atoms with E-state index in [4.69, 9.17) is 11.6 Å². The van der Waals surface area contributed by atoms with Gasteiger partial charge in [-0.05, 0) is 24.5 Å². The summed E-state index contributed by atoms with van der Waals surface area (Å²) in [4.78, 5) is 14.5. The number of carbonyl (C=O) groups excluding carboxylic acids is 1. The molecule has 1 aromatic rings. The van der Waals surface area contributed by atoms with Gasteiger partial charge in [-0.3, -0.25) is 15.0 Å². The molecule has 2 N–H and O–H groups in total. The molecule has 0 spiro atoms. The topological polar surface area (TPSA) is 44.4 Å². The molecule has 2 aliphatic rings. The number of nitrogens with one attached hydrogen (secondary N) is 2. The predicted molar refractivity (Wildman–Crippen MR) is 88.8 cm³/mol. The van der Waals surface area contributed by atoms with Gasteiger partial charge in [0, 0.05) is 37.2 Å². The van der Waals surface area contributed by atoms with Crippen molar-refractivity contribution >= 4 is 17.5 Å². The molecule has 1 fully saturated rings. The average molecular weight is 320 g/mol. The Bertz CT molecular complexity index is 553. The van der Waals surface area contributed by atoms with Crippen LogP contribution in [0.15, 0.2) is 36.4 Å².